The molecule has 60 valence electrons. The summed E-state index contributed by atoms with van der Waals surface area (Å²) in [7, 11) is 3.24. The van der Waals surface area contributed by atoms with Gasteiger partial charge in [-0.05, 0) is 23.5 Å². The van der Waals surface area contributed by atoms with E-state index in [4.69, 9.17) is 10.5 Å². The minimum atomic E-state index is 0.0231. The SMILES string of the molecule is CCSSC(SC#N)SC#N. The lowest BCUT2D eigenvalue weighted by molar-refractivity contribution is 1.54. The van der Waals surface area contributed by atoms with Crippen LogP contribution >= 0.6 is 45.1 Å². The van der Waals surface area contributed by atoms with Gasteiger partial charge in [0.1, 0.15) is 14.7 Å². The summed E-state index contributed by atoms with van der Waals surface area (Å²) >= 11 is 2.26. The number of nitriles is 2. The third-order valence-corrected chi connectivity index (χ3v) is 5.84. The van der Waals surface area contributed by atoms with Crippen LogP contribution in [0.2, 0.25) is 0 Å². The van der Waals surface area contributed by atoms with E-state index < -0.39 is 0 Å². The van der Waals surface area contributed by atoms with E-state index in [0.717, 1.165) is 29.3 Å². The van der Waals surface area contributed by atoms with Crippen molar-refractivity contribution in [2.45, 2.75) is 10.8 Å². The van der Waals surface area contributed by atoms with Crippen LogP contribution < -0.4 is 0 Å². The van der Waals surface area contributed by atoms with Crippen molar-refractivity contribution in [3.05, 3.63) is 0 Å². The van der Waals surface area contributed by atoms with E-state index >= 15 is 0 Å². The first-order chi connectivity index (χ1) is 5.35. The summed E-state index contributed by atoms with van der Waals surface area (Å²) in [5.74, 6) is 0.999. The Morgan fingerprint density at radius 1 is 1.27 bits per heavy atom. The van der Waals surface area contributed by atoms with Crippen molar-refractivity contribution >= 4 is 45.1 Å². The first-order valence-corrected chi connectivity index (χ1v) is 6.87. The maximum Gasteiger partial charge on any atom is 0.135 e. The standard InChI is InChI=1S/C5H6N2S4/c1-2-10-11-5(8-3-6)9-4-7/h5H,2H2,1H3. The lowest BCUT2D eigenvalue weighted by Crippen LogP contribution is -1.82. The second-order valence-corrected chi connectivity index (χ2v) is 6.65. The van der Waals surface area contributed by atoms with Gasteiger partial charge in [0, 0.05) is 5.75 Å². The molecule has 0 radical (unpaired) electrons. The lowest BCUT2D eigenvalue weighted by Gasteiger charge is -2.03. The van der Waals surface area contributed by atoms with E-state index in [1.807, 2.05) is 17.7 Å². The number of nitrogens with zero attached hydrogens (tertiary/aromatic N) is 2. The van der Waals surface area contributed by atoms with Gasteiger partial charge in [-0.15, -0.1) is 0 Å². The zero-order valence-corrected chi connectivity index (χ0v) is 9.08. The molecule has 0 spiro atoms. The van der Waals surface area contributed by atoms with Gasteiger partial charge in [0.15, 0.2) is 0 Å². The molecule has 0 aliphatic heterocycles. The Bertz CT molecular complexity index is 154. The molecular weight excluding hydrogens is 216 g/mol. The van der Waals surface area contributed by atoms with Gasteiger partial charge in [-0.25, -0.2) is 0 Å². The van der Waals surface area contributed by atoms with Crippen LogP contribution in [0, 0.1) is 21.3 Å². The zero-order chi connectivity index (χ0) is 8.53. The molecule has 2 nitrogen and oxygen atoms in total. The molecule has 0 saturated carbocycles. The lowest BCUT2D eigenvalue weighted by atomic mass is 11.0. The molecule has 0 rings (SSSR count). The molecule has 0 heterocycles. The highest BCUT2D eigenvalue weighted by molar-refractivity contribution is 8.80. The maximum atomic E-state index is 8.33. The van der Waals surface area contributed by atoms with Gasteiger partial charge in [0.25, 0.3) is 0 Å². The van der Waals surface area contributed by atoms with Gasteiger partial charge in [-0.2, -0.15) is 10.5 Å². The molecule has 0 bridgehead atoms. The molecule has 0 aromatic heterocycles. The van der Waals surface area contributed by atoms with E-state index in [1.165, 1.54) is 0 Å². The quantitative estimate of drug-likeness (QED) is 0.405. The first kappa shape index (κ1) is 11.4. The Hall–Kier alpha value is 0.380. The topological polar surface area (TPSA) is 47.6 Å². The molecule has 0 aromatic carbocycles. The van der Waals surface area contributed by atoms with E-state index in [2.05, 4.69) is 0 Å². The fourth-order valence-corrected chi connectivity index (χ4v) is 4.16. The molecule has 0 aromatic rings. The van der Waals surface area contributed by atoms with Crippen molar-refractivity contribution < 1.29 is 0 Å². The van der Waals surface area contributed by atoms with E-state index in [0.29, 0.717) is 0 Å². The Morgan fingerprint density at radius 2 is 1.82 bits per heavy atom. The van der Waals surface area contributed by atoms with Crippen LogP contribution in [-0.2, 0) is 0 Å². The smallest absolute Gasteiger partial charge is 0.135 e. The fraction of sp³-hybridized carbons (Fsp3) is 0.600. The molecule has 6 heteroatoms. The highest BCUT2D eigenvalue weighted by Crippen LogP contribution is 2.39. The molecule has 0 amide bonds. The van der Waals surface area contributed by atoms with Gasteiger partial charge in [-0.3, -0.25) is 0 Å². The van der Waals surface area contributed by atoms with Crippen molar-refractivity contribution in [1.29, 1.82) is 10.5 Å². The highest BCUT2D eigenvalue weighted by Gasteiger charge is 2.09. The molecule has 0 fully saturated rings. The van der Waals surface area contributed by atoms with Gasteiger partial charge in [-0.1, -0.05) is 28.5 Å². The Labute approximate surface area is 82.9 Å². The number of hydrogen-bond acceptors (Lipinski definition) is 6. The van der Waals surface area contributed by atoms with Gasteiger partial charge in [0.2, 0.25) is 0 Å². The summed E-state index contributed by atoms with van der Waals surface area (Å²) in [6, 6.07) is 0. The van der Waals surface area contributed by atoms with Gasteiger partial charge >= 0.3 is 0 Å². The second-order valence-electron chi connectivity index (χ2n) is 1.21. The van der Waals surface area contributed by atoms with Crippen LogP contribution in [0.3, 0.4) is 0 Å². The number of hydrogen-bond donors (Lipinski definition) is 0. The molecule has 0 unspecified atom stereocenters. The predicted molar refractivity (Wildman–Crippen MR) is 55.9 cm³/mol. The van der Waals surface area contributed by atoms with Crippen LogP contribution in [0.5, 0.6) is 0 Å². The van der Waals surface area contributed by atoms with Crippen molar-refractivity contribution in [2.75, 3.05) is 5.75 Å². The number of thioether (sulfide) groups is 2. The molecular formula is C5H6N2S4. The largest absolute Gasteiger partial charge is 0.185 e. The van der Waals surface area contributed by atoms with E-state index in [-0.39, 0.29) is 3.91 Å². The normalized spacial score (nSPS) is 9.09. The third kappa shape index (κ3) is 6.77. The summed E-state index contributed by atoms with van der Waals surface area (Å²) in [5.41, 5.74) is 0. The van der Waals surface area contributed by atoms with Crippen molar-refractivity contribution in [3.63, 3.8) is 0 Å². The van der Waals surface area contributed by atoms with Crippen molar-refractivity contribution in [1.82, 2.24) is 0 Å². The van der Waals surface area contributed by atoms with Gasteiger partial charge < -0.3 is 0 Å². The summed E-state index contributed by atoms with van der Waals surface area (Å²) < 4.78 is 0.0231. The molecule has 0 aliphatic rings. The molecule has 11 heavy (non-hydrogen) atoms. The minimum absolute atomic E-state index is 0.0231. The summed E-state index contributed by atoms with van der Waals surface area (Å²) in [4.78, 5) is 0. The first-order valence-electron chi connectivity index (χ1n) is 2.73. The van der Waals surface area contributed by atoms with Crippen LogP contribution in [0.25, 0.3) is 0 Å². The Kier molecular flexibility index (Phi) is 8.77. The number of thiocyanates is 2. The summed E-state index contributed by atoms with van der Waals surface area (Å²) in [5, 5.41) is 20.6. The zero-order valence-electron chi connectivity index (χ0n) is 5.81. The Balaban J connectivity index is 3.54. The van der Waals surface area contributed by atoms with E-state index in [9.17, 15) is 0 Å². The van der Waals surface area contributed by atoms with Crippen molar-refractivity contribution in [3.8, 4) is 10.8 Å². The van der Waals surface area contributed by atoms with E-state index in [1.54, 1.807) is 21.6 Å². The van der Waals surface area contributed by atoms with Crippen LogP contribution in [0.1, 0.15) is 6.92 Å². The summed E-state index contributed by atoms with van der Waals surface area (Å²) in [6.45, 7) is 2.04. The van der Waals surface area contributed by atoms with Crippen molar-refractivity contribution in [2.24, 2.45) is 0 Å². The average molecular weight is 222 g/mol. The molecule has 0 aliphatic carbocycles. The Morgan fingerprint density at radius 3 is 2.18 bits per heavy atom. The number of rotatable bonds is 5. The third-order valence-electron chi connectivity index (χ3n) is 0.562. The minimum Gasteiger partial charge on any atom is -0.185 e. The van der Waals surface area contributed by atoms with Crippen LogP contribution in [0.15, 0.2) is 0 Å². The summed E-state index contributed by atoms with van der Waals surface area (Å²) in [6.07, 6.45) is 0. The molecule has 0 saturated heterocycles. The average Bonchev–Trinajstić information content (AvgIpc) is 2.01. The highest BCUT2D eigenvalue weighted by atomic mass is 33.1. The predicted octanol–water partition coefficient (Wildman–Crippen LogP) is 3.10. The van der Waals surface area contributed by atoms with Gasteiger partial charge in [0.05, 0.1) is 0 Å². The second kappa shape index (κ2) is 8.48. The maximum absolute atomic E-state index is 8.33. The molecule has 0 N–H and O–H groups in total. The fourth-order valence-electron chi connectivity index (χ4n) is 0.273. The van der Waals surface area contributed by atoms with Crippen LogP contribution in [0.4, 0.5) is 0 Å². The van der Waals surface area contributed by atoms with Crippen LogP contribution in [-0.4, -0.2) is 9.67 Å². The monoisotopic (exact) mass is 222 g/mol. The molecule has 0 atom stereocenters.